The van der Waals surface area contributed by atoms with Crippen LogP contribution in [0.15, 0.2) is 0 Å². The number of halogens is 7. The van der Waals surface area contributed by atoms with E-state index >= 15 is 0 Å². The zero-order valence-corrected chi connectivity index (χ0v) is 6.55. The van der Waals surface area contributed by atoms with Crippen LogP contribution in [0.1, 0.15) is 0 Å². The smallest absolute Gasteiger partial charge is 0.354 e. The summed E-state index contributed by atoms with van der Waals surface area (Å²) in [7, 11) is 0.517. The van der Waals surface area contributed by atoms with Crippen LogP contribution in [-0.4, -0.2) is 31.0 Å². The van der Waals surface area contributed by atoms with Crippen molar-refractivity contribution in [3.8, 4) is 0 Å². The molecule has 0 bridgehead atoms. The molecule has 0 heterocycles. The van der Waals surface area contributed by atoms with Gasteiger partial charge in [-0.3, -0.25) is 4.79 Å². The van der Waals surface area contributed by atoms with Crippen LogP contribution in [0.5, 0.6) is 0 Å². The van der Waals surface area contributed by atoms with Gasteiger partial charge < -0.3 is 5.32 Å². The molecular weight excluding hydrogens is 223 g/mol. The van der Waals surface area contributed by atoms with E-state index in [9.17, 15) is 35.5 Å². The number of amides is 1. The maximum absolute atomic E-state index is 12.2. The number of carbonyl (C=O) groups is 1. The molecular formula is C5H4F7NO. The van der Waals surface area contributed by atoms with E-state index in [0.29, 0.717) is 7.05 Å². The molecule has 0 saturated carbocycles. The summed E-state index contributed by atoms with van der Waals surface area (Å²) < 4.78 is 82.7. The van der Waals surface area contributed by atoms with Gasteiger partial charge in [0.15, 0.2) is 0 Å². The lowest BCUT2D eigenvalue weighted by Crippen LogP contribution is -2.58. The summed E-state index contributed by atoms with van der Waals surface area (Å²) in [6.07, 6.45) is -6.48. The number of hydrogen-bond donors (Lipinski definition) is 1. The molecule has 0 aliphatic heterocycles. The fourth-order valence-electron chi connectivity index (χ4n) is 0.478. The molecule has 14 heavy (non-hydrogen) atoms. The third kappa shape index (κ3) is 1.75. The second kappa shape index (κ2) is 3.28. The van der Waals surface area contributed by atoms with Crippen LogP contribution in [0, 0.1) is 0 Å². The third-order valence-electron chi connectivity index (χ3n) is 1.26. The normalized spacial score (nSPS) is 14.0. The molecule has 0 radical (unpaired) electrons. The van der Waals surface area contributed by atoms with E-state index in [4.69, 9.17) is 0 Å². The molecule has 9 heteroatoms. The van der Waals surface area contributed by atoms with Crippen LogP contribution in [0.25, 0.3) is 0 Å². The molecule has 1 amide bonds. The van der Waals surface area contributed by atoms with E-state index in [2.05, 4.69) is 0 Å². The molecule has 84 valence electrons. The molecule has 0 aliphatic carbocycles. The Bertz CT molecular complexity index is 233. The monoisotopic (exact) mass is 227 g/mol. The Hall–Kier alpha value is -1.02. The minimum atomic E-state index is -6.48. The zero-order valence-electron chi connectivity index (χ0n) is 6.55. The van der Waals surface area contributed by atoms with Crippen LogP contribution < -0.4 is 5.32 Å². The summed E-state index contributed by atoms with van der Waals surface area (Å²) in [6.45, 7) is 0. The maximum atomic E-state index is 12.2. The summed E-state index contributed by atoms with van der Waals surface area (Å²) >= 11 is 0. The molecule has 0 spiro atoms. The number of hydrogen-bond acceptors (Lipinski definition) is 1. The van der Waals surface area contributed by atoms with Gasteiger partial charge in [-0.2, -0.15) is 30.7 Å². The van der Waals surface area contributed by atoms with Crippen molar-refractivity contribution in [1.82, 2.24) is 5.32 Å². The van der Waals surface area contributed by atoms with Crippen LogP contribution >= 0.6 is 0 Å². The van der Waals surface area contributed by atoms with Gasteiger partial charge in [0.05, 0.1) is 0 Å². The first-order chi connectivity index (χ1) is 5.98. The molecule has 0 unspecified atom stereocenters. The Kier molecular flexibility index (Phi) is 3.04. The lowest BCUT2D eigenvalue weighted by Gasteiger charge is -2.26. The van der Waals surface area contributed by atoms with Gasteiger partial charge in [-0.1, -0.05) is 0 Å². The second-order valence-electron chi connectivity index (χ2n) is 2.23. The average molecular weight is 227 g/mol. The SMILES string of the molecule is CNC(=O)C(F)(F)C(F)(F)C(F)(F)F. The zero-order chi connectivity index (χ0) is 11.8. The maximum Gasteiger partial charge on any atom is 0.460 e. The first-order valence-electron chi connectivity index (χ1n) is 3.03. The quantitative estimate of drug-likeness (QED) is 0.712. The van der Waals surface area contributed by atoms with Crippen molar-refractivity contribution in [2.45, 2.75) is 18.0 Å². The lowest BCUT2D eigenvalue weighted by molar-refractivity contribution is -0.344. The summed E-state index contributed by atoms with van der Waals surface area (Å²) in [6, 6.07) is 0. The van der Waals surface area contributed by atoms with Gasteiger partial charge in [0, 0.05) is 7.05 Å². The first-order valence-corrected chi connectivity index (χ1v) is 3.03. The fraction of sp³-hybridized carbons (Fsp3) is 0.800. The number of rotatable bonds is 2. The second-order valence-corrected chi connectivity index (χ2v) is 2.23. The van der Waals surface area contributed by atoms with E-state index in [-0.39, 0.29) is 0 Å². The van der Waals surface area contributed by atoms with Crippen molar-refractivity contribution in [2.75, 3.05) is 7.05 Å². The average Bonchev–Trinajstić information content (AvgIpc) is 2.00. The minimum Gasteiger partial charge on any atom is -0.354 e. The lowest BCUT2D eigenvalue weighted by atomic mass is 10.1. The summed E-state index contributed by atoms with van der Waals surface area (Å²) in [5.74, 6) is -14.9. The predicted octanol–water partition coefficient (Wildman–Crippen LogP) is 1.57. The van der Waals surface area contributed by atoms with Crippen LogP contribution in [0.4, 0.5) is 30.7 Å². The Morgan fingerprint density at radius 3 is 1.57 bits per heavy atom. The van der Waals surface area contributed by atoms with E-state index in [1.807, 2.05) is 0 Å². The van der Waals surface area contributed by atoms with Crippen molar-refractivity contribution in [3.05, 3.63) is 0 Å². The highest BCUT2D eigenvalue weighted by Gasteiger charge is 2.76. The summed E-state index contributed by atoms with van der Waals surface area (Å²) in [5, 5.41) is 1.01. The Morgan fingerprint density at radius 1 is 1.00 bits per heavy atom. The molecule has 0 aromatic heterocycles. The predicted molar refractivity (Wildman–Crippen MR) is 30.0 cm³/mol. The molecule has 0 rings (SSSR count). The number of alkyl halides is 7. The molecule has 0 saturated heterocycles. The van der Waals surface area contributed by atoms with Gasteiger partial charge in [-0.15, -0.1) is 0 Å². The highest BCUT2D eigenvalue weighted by atomic mass is 19.4. The molecule has 0 fully saturated rings. The van der Waals surface area contributed by atoms with Gasteiger partial charge >= 0.3 is 18.0 Å². The standard InChI is InChI=1S/C5H4F7NO/c1-13-2(14)3(6,7)4(8,9)5(10,11)12/h1H3,(H,13,14). The Labute approximate surface area is 73.1 Å². The molecule has 1 N–H and O–H groups in total. The molecule has 0 aliphatic rings. The Morgan fingerprint density at radius 2 is 1.36 bits per heavy atom. The summed E-state index contributed by atoms with van der Waals surface area (Å²) in [4.78, 5) is 10.1. The van der Waals surface area contributed by atoms with Crippen molar-refractivity contribution >= 4 is 5.91 Å². The molecule has 0 aromatic rings. The van der Waals surface area contributed by atoms with Gasteiger partial charge in [0.2, 0.25) is 0 Å². The highest BCUT2D eigenvalue weighted by molar-refractivity contribution is 5.84. The van der Waals surface area contributed by atoms with Crippen molar-refractivity contribution in [2.24, 2.45) is 0 Å². The Balaban J connectivity index is 5.18. The summed E-state index contributed by atoms with van der Waals surface area (Å²) in [5.41, 5.74) is 0. The number of nitrogens with one attached hydrogen (secondary N) is 1. The van der Waals surface area contributed by atoms with Crippen molar-refractivity contribution in [3.63, 3.8) is 0 Å². The van der Waals surface area contributed by atoms with Crippen LogP contribution in [0.3, 0.4) is 0 Å². The van der Waals surface area contributed by atoms with Gasteiger partial charge in [-0.05, 0) is 0 Å². The van der Waals surface area contributed by atoms with Crippen LogP contribution in [-0.2, 0) is 4.79 Å². The molecule has 0 aromatic carbocycles. The van der Waals surface area contributed by atoms with E-state index in [1.165, 1.54) is 0 Å². The van der Waals surface area contributed by atoms with Crippen LogP contribution in [0.2, 0.25) is 0 Å². The molecule has 0 atom stereocenters. The van der Waals surface area contributed by atoms with E-state index in [0.717, 1.165) is 5.32 Å². The highest BCUT2D eigenvalue weighted by Crippen LogP contribution is 2.46. The largest absolute Gasteiger partial charge is 0.460 e. The molecule has 2 nitrogen and oxygen atoms in total. The minimum absolute atomic E-state index is 0.517. The van der Waals surface area contributed by atoms with Crippen molar-refractivity contribution in [1.29, 1.82) is 0 Å². The van der Waals surface area contributed by atoms with Gasteiger partial charge in [0.25, 0.3) is 5.91 Å². The van der Waals surface area contributed by atoms with Crippen molar-refractivity contribution < 1.29 is 35.5 Å². The van der Waals surface area contributed by atoms with Gasteiger partial charge in [-0.25, -0.2) is 0 Å². The topological polar surface area (TPSA) is 29.1 Å². The number of carbonyl (C=O) groups excluding carboxylic acids is 1. The fourth-order valence-corrected chi connectivity index (χ4v) is 0.478. The van der Waals surface area contributed by atoms with E-state index < -0.39 is 23.9 Å². The first kappa shape index (κ1) is 13.0. The van der Waals surface area contributed by atoms with E-state index in [1.54, 1.807) is 0 Å². The third-order valence-corrected chi connectivity index (χ3v) is 1.26. The van der Waals surface area contributed by atoms with Gasteiger partial charge in [0.1, 0.15) is 0 Å².